The van der Waals surface area contributed by atoms with Crippen LogP contribution in [0, 0.1) is 0 Å². The van der Waals surface area contributed by atoms with Gasteiger partial charge < -0.3 is 14.6 Å². The molecule has 0 spiro atoms. The first kappa shape index (κ1) is 10.1. The summed E-state index contributed by atoms with van der Waals surface area (Å²) in [6.07, 6.45) is 3.79. The predicted molar refractivity (Wildman–Crippen MR) is 58.3 cm³/mol. The quantitative estimate of drug-likeness (QED) is 0.799. The molecule has 1 aliphatic rings. The molecule has 0 aromatic heterocycles. The van der Waals surface area contributed by atoms with Crippen LogP contribution in [0.25, 0.3) is 6.08 Å². The summed E-state index contributed by atoms with van der Waals surface area (Å²) in [5.41, 5.74) is 2.01. The van der Waals surface area contributed by atoms with E-state index in [9.17, 15) is 5.11 Å². The number of methoxy groups -OCH3 is 2. The molecule has 80 valence electrons. The van der Waals surface area contributed by atoms with Crippen LogP contribution in [0.3, 0.4) is 0 Å². The summed E-state index contributed by atoms with van der Waals surface area (Å²) in [5.74, 6) is 1.61. The second-order valence-electron chi connectivity index (χ2n) is 3.49. The standard InChI is InChI=1S/C12H14O3/c1-14-11-5-6-12(15-2)10-7-8(13)3-4-9(10)11/h3-6,8,13H,7H2,1-2H3/t8-/m1/s1. The Morgan fingerprint density at radius 3 is 2.53 bits per heavy atom. The van der Waals surface area contributed by atoms with E-state index in [0.29, 0.717) is 6.42 Å². The van der Waals surface area contributed by atoms with E-state index in [2.05, 4.69) is 0 Å². The maximum Gasteiger partial charge on any atom is 0.126 e. The van der Waals surface area contributed by atoms with Crippen molar-refractivity contribution < 1.29 is 14.6 Å². The summed E-state index contributed by atoms with van der Waals surface area (Å²) in [4.78, 5) is 0. The van der Waals surface area contributed by atoms with Gasteiger partial charge in [-0.1, -0.05) is 12.2 Å². The van der Waals surface area contributed by atoms with Crippen LogP contribution in [-0.2, 0) is 6.42 Å². The van der Waals surface area contributed by atoms with Crippen LogP contribution >= 0.6 is 0 Å². The van der Waals surface area contributed by atoms with Crippen molar-refractivity contribution in [3.63, 3.8) is 0 Å². The highest BCUT2D eigenvalue weighted by Crippen LogP contribution is 2.34. The third kappa shape index (κ3) is 1.70. The second-order valence-corrected chi connectivity index (χ2v) is 3.49. The SMILES string of the molecule is COc1ccc(OC)c2c1C=C[C@@H](O)C2. The Kier molecular flexibility index (Phi) is 2.64. The molecule has 0 aliphatic heterocycles. The van der Waals surface area contributed by atoms with Gasteiger partial charge in [-0.05, 0) is 12.1 Å². The van der Waals surface area contributed by atoms with Crippen LogP contribution < -0.4 is 9.47 Å². The molecule has 1 aliphatic carbocycles. The van der Waals surface area contributed by atoms with Gasteiger partial charge in [0.2, 0.25) is 0 Å². The van der Waals surface area contributed by atoms with Crippen molar-refractivity contribution in [2.75, 3.05) is 14.2 Å². The van der Waals surface area contributed by atoms with Crippen molar-refractivity contribution in [2.45, 2.75) is 12.5 Å². The summed E-state index contributed by atoms with van der Waals surface area (Å²) in [6.45, 7) is 0. The molecule has 0 bridgehead atoms. The number of hydrogen-bond acceptors (Lipinski definition) is 3. The zero-order chi connectivity index (χ0) is 10.8. The number of rotatable bonds is 2. The van der Waals surface area contributed by atoms with Crippen LogP contribution in [-0.4, -0.2) is 25.4 Å². The molecule has 0 radical (unpaired) electrons. The molecule has 0 saturated carbocycles. The Morgan fingerprint density at radius 2 is 1.87 bits per heavy atom. The van der Waals surface area contributed by atoms with Gasteiger partial charge >= 0.3 is 0 Å². The minimum absolute atomic E-state index is 0.432. The zero-order valence-electron chi connectivity index (χ0n) is 8.86. The molecule has 0 fully saturated rings. The van der Waals surface area contributed by atoms with Crippen LogP contribution in [0.2, 0.25) is 0 Å². The normalized spacial score (nSPS) is 18.5. The van der Waals surface area contributed by atoms with E-state index in [-0.39, 0.29) is 0 Å². The topological polar surface area (TPSA) is 38.7 Å². The van der Waals surface area contributed by atoms with Gasteiger partial charge in [0.15, 0.2) is 0 Å². The fraction of sp³-hybridized carbons (Fsp3) is 0.333. The molecule has 1 atom stereocenters. The van der Waals surface area contributed by atoms with Crippen molar-refractivity contribution in [3.05, 3.63) is 29.3 Å². The third-order valence-corrected chi connectivity index (χ3v) is 2.61. The average Bonchev–Trinajstić information content (AvgIpc) is 2.27. The summed E-state index contributed by atoms with van der Waals surface area (Å²) in [6, 6.07) is 3.74. The van der Waals surface area contributed by atoms with Gasteiger partial charge in [-0.25, -0.2) is 0 Å². The molecule has 0 heterocycles. The maximum absolute atomic E-state index is 9.56. The summed E-state index contributed by atoms with van der Waals surface area (Å²) >= 11 is 0. The Balaban J connectivity index is 2.56. The minimum Gasteiger partial charge on any atom is -0.496 e. The Hall–Kier alpha value is -1.48. The fourth-order valence-electron chi connectivity index (χ4n) is 1.87. The predicted octanol–water partition coefficient (Wildman–Crippen LogP) is 1.63. The summed E-state index contributed by atoms with van der Waals surface area (Å²) in [7, 11) is 3.27. The van der Waals surface area contributed by atoms with E-state index in [1.807, 2.05) is 18.2 Å². The number of hydrogen-bond donors (Lipinski definition) is 1. The van der Waals surface area contributed by atoms with E-state index in [1.165, 1.54) is 0 Å². The van der Waals surface area contributed by atoms with Crippen molar-refractivity contribution in [3.8, 4) is 11.5 Å². The van der Waals surface area contributed by atoms with Gasteiger partial charge in [-0.3, -0.25) is 0 Å². The van der Waals surface area contributed by atoms with Gasteiger partial charge in [-0.15, -0.1) is 0 Å². The van der Waals surface area contributed by atoms with Gasteiger partial charge in [0.25, 0.3) is 0 Å². The first-order chi connectivity index (χ1) is 7.26. The van der Waals surface area contributed by atoms with Crippen molar-refractivity contribution in [2.24, 2.45) is 0 Å². The molecule has 0 saturated heterocycles. The first-order valence-electron chi connectivity index (χ1n) is 4.86. The van der Waals surface area contributed by atoms with E-state index in [1.54, 1.807) is 20.3 Å². The van der Waals surface area contributed by atoms with Crippen LogP contribution in [0.4, 0.5) is 0 Å². The molecular formula is C12H14O3. The first-order valence-corrected chi connectivity index (χ1v) is 4.86. The van der Waals surface area contributed by atoms with Crippen molar-refractivity contribution in [1.82, 2.24) is 0 Å². The Morgan fingerprint density at radius 1 is 1.20 bits per heavy atom. The minimum atomic E-state index is -0.432. The van der Waals surface area contributed by atoms with E-state index in [4.69, 9.17) is 9.47 Å². The highest BCUT2D eigenvalue weighted by atomic mass is 16.5. The van der Waals surface area contributed by atoms with E-state index in [0.717, 1.165) is 22.6 Å². The molecular weight excluding hydrogens is 192 g/mol. The molecule has 3 heteroatoms. The zero-order valence-corrected chi connectivity index (χ0v) is 8.86. The van der Waals surface area contributed by atoms with Crippen LogP contribution in [0.1, 0.15) is 11.1 Å². The monoisotopic (exact) mass is 206 g/mol. The number of aliphatic hydroxyl groups is 1. The van der Waals surface area contributed by atoms with Gasteiger partial charge in [0, 0.05) is 17.5 Å². The van der Waals surface area contributed by atoms with Crippen LogP contribution in [0.15, 0.2) is 18.2 Å². The Labute approximate surface area is 88.9 Å². The molecule has 1 N–H and O–H groups in total. The third-order valence-electron chi connectivity index (χ3n) is 2.61. The molecule has 0 amide bonds. The van der Waals surface area contributed by atoms with Crippen molar-refractivity contribution in [1.29, 1.82) is 0 Å². The van der Waals surface area contributed by atoms with Crippen LogP contribution in [0.5, 0.6) is 11.5 Å². The lowest BCUT2D eigenvalue weighted by molar-refractivity contribution is 0.221. The summed E-state index contributed by atoms with van der Waals surface area (Å²) in [5, 5.41) is 9.56. The van der Waals surface area contributed by atoms with Gasteiger partial charge in [-0.2, -0.15) is 0 Å². The highest BCUT2D eigenvalue weighted by molar-refractivity contribution is 5.67. The molecule has 0 unspecified atom stereocenters. The van der Waals surface area contributed by atoms with Crippen molar-refractivity contribution >= 4 is 6.08 Å². The second kappa shape index (κ2) is 3.95. The maximum atomic E-state index is 9.56. The van der Waals surface area contributed by atoms with Gasteiger partial charge in [0.05, 0.1) is 20.3 Å². The highest BCUT2D eigenvalue weighted by Gasteiger charge is 2.18. The Bertz CT molecular complexity index is 396. The lowest BCUT2D eigenvalue weighted by atomic mass is 9.94. The number of aliphatic hydroxyl groups excluding tert-OH is 1. The average molecular weight is 206 g/mol. The lowest BCUT2D eigenvalue weighted by Gasteiger charge is -2.20. The molecule has 15 heavy (non-hydrogen) atoms. The van der Waals surface area contributed by atoms with Gasteiger partial charge in [0.1, 0.15) is 11.5 Å². The number of benzene rings is 1. The fourth-order valence-corrected chi connectivity index (χ4v) is 1.87. The van der Waals surface area contributed by atoms with E-state index < -0.39 is 6.10 Å². The smallest absolute Gasteiger partial charge is 0.126 e. The molecule has 1 aromatic carbocycles. The molecule has 1 aromatic rings. The van der Waals surface area contributed by atoms with E-state index >= 15 is 0 Å². The lowest BCUT2D eigenvalue weighted by Crippen LogP contribution is -2.13. The summed E-state index contributed by atoms with van der Waals surface area (Å²) < 4.78 is 10.5. The molecule has 3 nitrogen and oxygen atoms in total. The number of fused-ring (bicyclic) bond motifs is 1. The largest absolute Gasteiger partial charge is 0.496 e. The molecule has 2 rings (SSSR count). The number of ether oxygens (including phenoxy) is 2.